The van der Waals surface area contributed by atoms with Crippen molar-refractivity contribution in [1.82, 2.24) is 10.3 Å². The second kappa shape index (κ2) is 9.30. The van der Waals surface area contributed by atoms with E-state index < -0.39 is 12.0 Å². The molecule has 1 saturated heterocycles. The van der Waals surface area contributed by atoms with Crippen LogP contribution in [0.15, 0.2) is 39.9 Å². The van der Waals surface area contributed by atoms with Crippen LogP contribution in [0.4, 0.5) is 0 Å². The van der Waals surface area contributed by atoms with E-state index in [9.17, 15) is 9.59 Å². The van der Waals surface area contributed by atoms with Crippen molar-refractivity contribution in [3.05, 3.63) is 40.6 Å². The largest absolute Gasteiger partial charge is 0.481 e. The number of carbonyl (C=O) groups is 2. The predicted octanol–water partition coefficient (Wildman–Crippen LogP) is 4.06. The lowest BCUT2D eigenvalue weighted by Crippen LogP contribution is -2.39. The third-order valence-corrected chi connectivity index (χ3v) is 8.05. The van der Waals surface area contributed by atoms with E-state index in [2.05, 4.69) is 5.32 Å². The van der Waals surface area contributed by atoms with E-state index in [-0.39, 0.29) is 6.04 Å². The molecular formula is C21H21N3O3S3. The summed E-state index contributed by atoms with van der Waals surface area (Å²) in [6, 6.07) is 9.49. The molecule has 1 aliphatic rings. The van der Waals surface area contributed by atoms with Crippen LogP contribution >= 0.6 is 34.4 Å². The van der Waals surface area contributed by atoms with Crippen molar-refractivity contribution in [2.24, 2.45) is 5.73 Å². The number of aromatic nitrogens is 1. The third-order valence-electron chi connectivity index (χ3n) is 4.89. The Morgan fingerprint density at radius 1 is 1.43 bits per heavy atom. The van der Waals surface area contributed by atoms with Gasteiger partial charge in [0.2, 0.25) is 0 Å². The quantitative estimate of drug-likeness (QED) is 0.390. The first-order valence-electron chi connectivity index (χ1n) is 9.48. The number of carbonyl (C=O) groups excluding carboxylic acids is 2. The van der Waals surface area contributed by atoms with Crippen LogP contribution in [0.3, 0.4) is 0 Å². The zero-order chi connectivity index (χ0) is 21.1. The number of benzene rings is 1. The first-order chi connectivity index (χ1) is 14.6. The van der Waals surface area contributed by atoms with Gasteiger partial charge in [0.15, 0.2) is 12.4 Å². The van der Waals surface area contributed by atoms with E-state index in [1.165, 1.54) is 22.7 Å². The molecule has 0 bridgehead atoms. The number of nitrogens with one attached hydrogen (secondary N) is 1. The maximum Gasteiger partial charge on any atom is 0.258 e. The highest BCUT2D eigenvalue weighted by atomic mass is 32.2. The summed E-state index contributed by atoms with van der Waals surface area (Å²) in [5.74, 6) is 0.217. The van der Waals surface area contributed by atoms with Gasteiger partial charge in [-0.3, -0.25) is 9.59 Å². The second-order valence-electron chi connectivity index (χ2n) is 6.87. The fourth-order valence-electron chi connectivity index (χ4n) is 3.41. The van der Waals surface area contributed by atoms with Crippen LogP contribution < -0.4 is 15.8 Å². The number of hydrogen-bond acceptors (Lipinski definition) is 8. The Balaban J connectivity index is 1.57. The minimum absolute atomic E-state index is 0.0556. The molecule has 30 heavy (non-hydrogen) atoms. The highest BCUT2D eigenvalue weighted by Crippen LogP contribution is 2.40. The third kappa shape index (κ3) is 4.44. The normalized spacial score (nSPS) is 17.0. The van der Waals surface area contributed by atoms with Gasteiger partial charge in [0, 0.05) is 16.5 Å². The molecule has 1 aliphatic heterocycles. The van der Waals surface area contributed by atoms with Gasteiger partial charge in [-0.15, -0.1) is 34.4 Å². The molecule has 0 saturated carbocycles. The van der Waals surface area contributed by atoms with Crippen molar-refractivity contribution in [2.75, 3.05) is 12.8 Å². The topological polar surface area (TPSA) is 94.3 Å². The van der Waals surface area contributed by atoms with Gasteiger partial charge in [0.25, 0.3) is 5.91 Å². The fourth-order valence-corrected chi connectivity index (χ4v) is 6.11. The summed E-state index contributed by atoms with van der Waals surface area (Å²) in [5, 5.41) is 6.14. The Hall–Kier alpha value is -2.20. The zero-order valence-corrected chi connectivity index (χ0v) is 18.7. The second-order valence-corrected chi connectivity index (χ2v) is 9.85. The molecule has 2 unspecified atom stereocenters. The summed E-state index contributed by atoms with van der Waals surface area (Å²) < 4.78 is 6.97. The molecule has 1 amide bonds. The highest BCUT2D eigenvalue weighted by Gasteiger charge is 2.26. The lowest BCUT2D eigenvalue weighted by molar-refractivity contribution is -0.114. The van der Waals surface area contributed by atoms with Crippen LogP contribution in [0.5, 0.6) is 5.75 Å². The Labute approximate surface area is 186 Å². The molecule has 3 N–H and O–H groups in total. The van der Waals surface area contributed by atoms with Crippen LogP contribution in [0.1, 0.15) is 22.5 Å². The fraction of sp³-hybridized carbons (Fsp3) is 0.286. The first-order valence-corrected chi connectivity index (χ1v) is 12.4. The van der Waals surface area contributed by atoms with Crippen molar-refractivity contribution in [3.63, 3.8) is 0 Å². The number of thiophene rings is 1. The van der Waals surface area contributed by atoms with Crippen LogP contribution in [-0.4, -0.2) is 42.1 Å². The van der Waals surface area contributed by atoms with E-state index in [4.69, 9.17) is 15.5 Å². The lowest BCUT2D eigenvalue weighted by atomic mass is 10.1. The number of primary amides is 1. The van der Waals surface area contributed by atoms with E-state index in [1.807, 2.05) is 42.0 Å². The number of amides is 1. The number of ether oxygens (including phenoxy) is 1. The van der Waals surface area contributed by atoms with Crippen LogP contribution in [0, 0.1) is 0 Å². The SMILES string of the molecule is CSc1sc(C(N)=O)cc1-c1nc(-c2cccc(OC(C=O)C3CCCN3)c2)cs1. The van der Waals surface area contributed by atoms with Gasteiger partial charge in [-0.25, -0.2) is 4.98 Å². The molecule has 156 valence electrons. The van der Waals surface area contributed by atoms with Crippen LogP contribution in [0.25, 0.3) is 21.8 Å². The molecule has 0 spiro atoms. The minimum atomic E-state index is -0.504. The monoisotopic (exact) mass is 459 g/mol. The number of rotatable bonds is 8. The average Bonchev–Trinajstić information content (AvgIpc) is 3.52. The lowest BCUT2D eigenvalue weighted by Gasteiger charge is -2.20. The van der Waals surface area contributed by atoms with E-state index >= 15 is 0 Å². The van der Waals surface area contributed by atoms with Crippen LogP contribution in [-0.2, 0) is 4.79 Å². The van der Waals surface area contributed by atoms with Gasteiger partial charge in [-0.05, 0) is 43.8 Å². The molecule has 9 heteroatoms. The van der Waals surface area contributed by atoms with Gasteiger partial charge in [0.1, 0.15) is 10.8 Å². The smallest absolute Gasteiger partial charge is 0.258 e. The average molecular weight is 460 g/mol. The summed E-state index contributed by atoms with van der Waals surface area (Å²) >= 11 is 4.48. The number of hydrogen-bond donors (Lipinski definition) is 2. The van der Waals surface area contributed by atoms with Gasteiger partial charge >= 0.3 is 0 Å². The van der Waals surface area contributed by atoms with Crippen molar-refractivity contribution in [2.45, 2.75) is 29.2 Å². The maximum atomic E-state index is 11.5. The first kappa shape index (κ1) is 21.0. The summed E-state index contributed by atoms with van der Waals surface area (Å²) in [6.07, 6.45) is 4.32. The standard InChI is InChI=1S/C21H21N3O3S3/c1-28-21-14(9-18(30-21)19(22)26)20-24-16(11-29-20)12-4-2-5-13(8-12)27-17(10-25)15-6-3-7-23-15/h2,4-5,8-11,15,17,23H,3,6-7H2,1H3,(H2,22,26). The Bertz CT molecular complexity index is 1060. The summed E-state index contributed by atoms with van der Waals surface area (Å²) in [5.41, 5.74) is 8.10. The number of aldehydes is 1. The number of thiazole rings is 1. The summed E-state index contributed by atoms with van der Waals surface area (Å²) in [7, 11) is 0. The van der Waals surface area contributed by atoms with Gasteiger partial charge in [-0.1, -0.05) is 12.1 Å². The molecule has 1 fully saturated rings. The number of thioether (sulfide) groups is 1. The van der Waals surface area contributed by atoms with Gasteiger partial charge < -0.3 is 15.8 Å². The summed E-state index contributed by atoms with van der Waals surface area (Å²) in [6.45, 7) is 0.915. The molecule has 0 aliphatic carbocycles. The van der Waals surface area contributed by atoms with Crippen molar-refractivity contribution in [1.29, 1.82) is 0 Å². The van der Waals surface area contributed by atoms with E-state index in [0.29, 0.717) is 10.6 Å². The van der Waals surface area contributed by atoms with Gasteiger partial charge in [0.05, 0.1) is 20.8 Å². The van der Waals surface area contributed by atoms with Crippen molar-refractivity contribution in [3.8, 4) is 27.6 Å². The molecule has 3 heterocycles. The van der Waals surface area contributed by atoms with E-state index in [1.54, 1.807) is 11.8 Å². The van der Waals surface area contributed by atoms with Crippen molar-refractivity contribution >= 4 is 46.6 Å². The molecule has 3 aromatic rings. The predicted molar refractivity (Wildman–Crippen MR) is 123 cm³/mol. The number of nitrogens with zero attached hydrogens (tertiary/aromatic N) is 1. The molecule has 2 atom stereocenters. The Kier molecular flexibility index (Phi) is 6.52. The van der Waals surface area contributed by atoms with Gasteiger partial charge in [-0.2, -0.15) is 0 Å². The van der Waals surface area contributed by atoms with E-state index in [0.717, 1.165) is 51.7 Å². The molecule has 0 radical (unpaired) electrons. The summed E-state index contributed by atoms with van der Waals surface area (Å²) in [4.78, 5) is 28.4. The molecule has 2 aromatic heterocycles. The minimum Gasteiger partial charge on any atom is -0.481 e. The molecule has 4 rings (SSSR count). The Morgan fingerprint density at radius 2 is 2.30 bits per heavy atom. The maximum absolute atomic E-state index is 11.5. The molecule has 6 nitrogen and oxygen atoms in total. The molecule has 1 aromatic carbocycles. The molecular weight excluding hydrogens is 438 g/mol. The number of nitrogens with two attached hydrogens (primary N) is 1. The Morgan fingerprint density at radius 3 is 3.00 bits per heavy atom. The highest BCUT2D eigenvalue weighted by molar-refractivity contribution is 8.00. The van der Waals surface area contributed by atoms with Crippen LogP contribution in [0.2, 0.25) is 0 Å². The van der Waals surface area contributed by atoms with Crippen molar-refractivity contribution < 1.29 is 14.3 Å². The zero-order valence-electron chi connectivity index (χ0n) is 16.3.